The second-order valence-corrected chi connectivity index (χ2v) is 2.35. The molecule has 0 fully saturated rings. The van der Waals surface area contributed by atoms with Gasteiger partial charge in [-0.05, 0) is 6.07 Å². The Bertz CT molecular complexity index is 351. The smallest absolute Gasteiger partial charge is 0.388 e. The van der Waals surface area contributed by atoms with Crippen LogP contribution in [0.3, 0.4) is 0 Å². The van der Waals surface area contributed by atoms with Crippen molar-refractivity contribution >= 4 is 11.6 Å². The summed E-state index contributed by atoms with van der Waals surface area (Å²) >= 11 is 5.51. The molecule has 0 aliphatic carbocycles. The van der Waals surface area contributed by atoms with Crippen LogP contribution in [0.4, 0.5) is 8.78 Å². The number of pyridine rings is 1. The first-order chi connectivity index (χ1) is 6.15. The van der Waals surface area contributed by atoms with Crippen molar-refractivity contribution < 1.29 is 13.5 Å². The summed E-state index contributed by atoms with van der Waals surface area (Å²) in [5.41, 5.74) is 0.0484. The van der Waals surface area contributed by atoms with Gasteiger partial charge < -0.3 is 4.74 Å². The quantitative estimate of drug-likeness (QED) is 0.742. The standard InChI is InChI=1S/C7H3ClF2N2O/c8-5-4(3-11)1-2-12-6(5)13-7(9)10/h1-2,7H. The molecule has 1 aromatic heterocycles. The van der Waals surface area contributed by atoms with Crippen LogP contribution in [0.2, 0.25) is 5.02 Å². The third-order valence-corrected chi connectivity index (χ3v) is 1.54. The number of hydrogen-bond acceptors (Lipinski definition) is 3. The summed E-state index contributed by atoms with van der Waals surface area (Å²) < 4.78 is 27.4. The highest BCUT2D eigenvalue weighted by molar-refractivity contribution is 6.32. The van der Waals surface area contributed by atoms with E-state index in [2.05, 4.69) is 9.72 Å². The van der Waals surface area contributed by atoms with Gasteiger partial charge in [-0.3, -0.25) is 0 Å². The molecule has 0 unspecified atom stereocenters. The molecule has 0 atom stereocenters. The third kappa shape index (κ3) is 2.26. The van der Waals surface area contributed by atoms with E-state index in [-0.39, 0.29) is 10.6 Å². The maximum Gasteiger partial charge on any atom is 0.388 e. The van der Waals surface area contributed by atoms with Crippen LogP contribution < -0.4 is 4.74 Å². The van der Waals surface area contributed by atoms with Crippen molar-refractivity contribution in [1.82, 2.24) is 4.98 Å². The number of halogens is 3. The minimum atomic E-state index is -3.00. The molecule has 0 aromatic carbocycles. The van der Waals surface area contributed by atoms with Crippen LogP contribution in [0.25, 0.3) is 0 Å². The van der Waals surface area contributed by atoms with E-state index in [9.17, 15) is 8.78 Å². The molecule has 6 heteroatoms. The van der Waals surface area contributed by atoms with Gasteiger partial charge in [0.2, 0.25) is 5.88 Å². The Morgan fingerprint density at radius 2 is 2.31 bits per heavy atom. The molecule has 0 aliphatic heterocycles. The molecular weight excluding hydrogens is 202 g/mol. The molecule has 0 N–H and O–H groups in total. The van der Waals surface area contributed by atoms with Crippen LogP contribution in [0.5, 0.6) is 5.88 Å². The summed E-state index contributed by atoms with van der Waals surface area (Å²) in [6.07, 6.45) is 1.17. The fraction of sp³-hybridized carbons (Fsp3) is 0.143. The van der Waals surface area contributed by atoms with Crippen molar-refractivity contribution in [3.63, 3.8) is 0 Å². The number of ether oxygens (including phenoxy) is 1. The van der Waals surface area contributed by atoms with Gasteiger partial charge in [0.25, 0.3) is 0 Å². The Morgan fingerprint density at radius 3 is 2.85 bits per heavy atom. The van der Waals surface area contributed by atoms with Crippen LogP contribution in [-0.2, 0) is 0 Å². The van der Waals surface area contributed by atoms with Crippen molar-refractivity contribution in [2.24, 2.45) is 0 Å². The van der Waals surface area contributed by atoms with Gasteiger partial charge >= 0.3 is 6.61 Å². The van der Waals surface area contributed by atoms with E-state index in [1.807, 2.05) is 0 Å². The molecule has 1 heterocycles. The van der Waals surface area contributed by atoms with E-state index in [0.717, 1.165) is 0 Å². The third-order valence-electron chi connectivity index (χ3n) is 1.18. The summed E-state index contributed by atoms with van der Waals surface area (Å²) in [5.74, 6) is -0.435. The number of nitriles is 1. The number of aromatic nitrogens is 1. The van der Waals surface area contributed by atoms with Gasteiger partial charge in [0.1, 0.15) is 11.1 Å². The Balaban J connectivity index is 3.03. The van der Waals surface area contributed by atoms with E-state index in [4.69, 9.17) is 16.9 Å². The lowest BCUT2D eigenvalue weighted by Gasteiger charge is -2.04. The fourth-order valence-corrected chi connectivity index (χ4v) is 0.876. The zero-order chi connectivity index (χ0) is 9.84. The molecular formula is C7H3ClF2N2O. The Morgan fingerprint density at radius 1 is 1.62 bits per heavy atom. The van der Waals surface area contributed by atoms with Crippen molar-refractivity contribution in [2.45, 2.75) is 6.61 Å². The molecule has 0 bridgehead atoms. The van der Waals surface area contributed by atoms with Gasteiger partial charge in [-0.1, -0.05) is 11.6 Å². The first-order valence-corrected chi connectivity index (χ1v) is 3.52. The zero-order valence-electron chi connectivity index (χ0n) is 6.17. The average molecular weight is 205 g/mol. The van der Waals surface area contributed by atoms with Crippen molar-refractivity contribution in [1.29, 1.82) is 5.26 Å². The minimum Gasteiger partial charge on any atom is -0.415 e. The van der Waals surface area contributed by atoms with Crippen molar-refractivity contribution in [3.05, 3.63) is 22.8 Å². The molecule has 1 aromatic rings. The number of rotatable bonds is 2. The molecule has 0 spiro atoms. The highest BCUT2D eigenvalue weighted by atomic mass is 35.5. The van der Waals surface area contributed by atoms with E-state index in [0.29, 0.717) is 0 Å². The van der Waals surface area contributed by atoms with Crippen LogP contribution in [0.15, 0.2) is 12.3 Å². The summed E-state index contributed by atoms with van der Waals surface area (Å²) in [6.45, 7) is -3.00. The van der Waals surface area contributed by atoms with E-state index < -0.39 is 12.5 Å². The summed E-state index contributed by atoms with van der Waals surface area (Å²) in [6, 6.07) is 3.02. The maximum absolute atomic E-state index is 11.7. The topological polar surface area (TPSA) is 45.9 Å². The molecule has 0 aliphatic rings. The molecule has 0 saturated heterocycles. The van der Waals surface area contributed by atoms with Gasteiger partial charge in [0.05, 0.1) is 5.56 Å². The highest BCUT2D eigenvalue weighted by Crippen LogP contribution is 2.25. The second kappa shape index (κ2) is 4.01. The summed E-state index contributed by atoms with van der Waals surface area (Å²) in [7, 11) is 0. The van der Waals surface area contributed by atoms with Gasteiger partial charge in [-0.2, -0.15) is 14.0 Å². The average Bonchev–Trinajstić information content (AvgIpc) is 2.08. The van der Waals surface area contributed by atoms with Crippen molar-refractivity contribution in [2.75, 3.05) is 0 Å². The molecule has 1 rings (SSSR count). The molecule has 68 valence electrons. The van der Waals surface area contributed by atoms with Gasteiger partial charge in [-0.15, -0.1) is 0 Å². The fourth-order valence-electron chi connectivity index (χ4n) is 0.677. The Kier molecular flexibility index (Phi) is 2.98. The summed E-state index contributed by atoms with van der Waals surface area (Å²) in [5, 5.41) is 8.27. The van der Waals surface area contributed by atoms with Crippen LogP contribution in [0.1, 0.15) is 5.56 Å². The van der Waals surface area contributed by atoms with Crippen molar-refractivity contribution in [3.8, 4) is 11.9 Å². The van der Waals surface area contributed by atoms with Crippen LogP contribution >= 0.6 is 11.6 Å². The Hall–Kier alpha value is -1.41. The number of hydrogen-bond donors (Lipinski definition) is 0. The molecule has 0 radical (unpaired) electrons. The lowest BCUT2D eigenvalue weighted by atomic mass is 10.3. The molecule has 0 amide bonds. The number of alkyl halides is 2. The van der Waals surface area contributed by atoms with Crippen LogP contribution in [-0.4, -0.2) is 11.6 Å². The zero-order valence-corrected chi connectivity index (χ0v) is 6.92. The minimum absolute atomic E-state index is 0.0484. The maximum atomic E-state index is 11.7. The highest BCUT2D eigenvalue weighted by Gasteiger charge is 2.12. The monoisotopic (exact) mass is 204 g/mol. The number of nitrogens with zero attached hydrogens (tertiary/aromatic N) is 2. The van der Waals surface area contributed by atoms with E-state index in [1.165, 1.54) is 12.3 Å². The predicted molar refractivity (Wildman–Crippen MR) is 40.6 cm³/mol. The normalized spacial score (nSPS) is 9.77. The lowest BCUT2D eigenvalue weighted by molar-refractivity contribution is -0.0527. The molecule has 0 saturated carbocycles. The van der Waals surface area contributed by atoms with E-state index in [1.54, 1.807) is 6.07 Å². The van der Waals surface area contributed by atoms with Crippen LogP contribution in [0, 0.1) is 11.3 Å². The predicted octanol–water partition coefficient (Wildman–Crippen LogP) is 2.21. The molecule has 3 nitrogen and oxygen atoms in total. The van der Waals surface area contributed by atoms with Gasteiger partial charge in [0, 0.05) is 6.20 Å². The lowest BCUT2D eigenvalue weighted by Crippen LogP contribution is -2.04. The second-order valence-electron chi connectivity index (χ2n) is 1.97. The Labute approximate surface area is 77.5 Å². The van der Waals surface area contributed by atoms with Gasteiger partial charge in [0.15, 0.2) is 0 Å². The summed E-state index contributed by atoms with van der Waals surface area (Å²) in [4.78, 5) is 3.44. The first-order valence-electron chi connectivity index (χ1n) is 3.14. The largest absolute Gasteiger partial charge is 0.415 e. The first kappa shape index (κ1) is 9.68. The van der Waals surface area contributed by atoms with E-state index >= 15 is 0 Å². The SMILES string of the molecule is N#Cc1ccnc(OC(F)F)c1Cl. The van der Waals surface area contributed by atoms with Gasteiger partial charge in [-0.25, -0.2) is 4.98 Å². The molecule has 13 heavy (non-hydrogen) atoms.